The summed E-state index contributed by atoms with van der Waals surface area (Å²) in [5.74, 6) is 0. The smallest absolute Gasteiger partial charge is 0.163 e. The highest BCUT2D eigenvalue weighted by atomic mass is 15.3. The lowest BCUT2D eigenvalue weighted by Crippen LogP contribution is -2.28. The van der Waals surface area contributed by atoms with Crippen molar-refractivity contribution in [2.24, 2.45) is 0 Å². The number of aryl methyl sites for hydroxylation is 2. The Bertz CT molecular complexity index is 2870. The zero-order chi connectivity index (χ0) is 35.3. The molecule has 0 atom stereocenters. The molecule has 0 N–H and O–H groups in total. The summed E-state index contributed by atoms with van der Waals surface area (Å²) < 4.78 is 3.91. The lowest BCUT2D eigenvalue weighted by atomic mass is 9.67. The SMILES string of the molecule is Cc1nn(-c2ccccc2)c2nc3ccc(C4(c5ccc6nc7c(cc6c5)c(C)nn7-c5ccccc5)c5ccccc5-c5ccccc54)cc3cc12. The number of para-hydroxylation sites is 2. The Hall–Kier alpha value is -6.92. The largest absolute Gasteiger partial charge is 0.228 e. The van der Waals surface area contributed by atoms with Crippen molar-refractivity contribution in [3.8, 4) is 22.5 Å². The molecule has 4 aromatic heterocycles. The van der Waals surface area contributed by atoms with Crippen molar-refractivity contribution in [2.45, 2.75) is 19.3 Å². The molecule has 6 heteroatoms. The van der Waals surface area contributed by atoms with Crippen molar-refractivity contribution in [3.63, 3.8) is 0 Å². The molecule has 10 aromatic rings. The van der Waals surface area contributed by atoms with Crippen LogP contribution in [0.5, 0.6) is 0 Å². The maximum atomic E-state index is 5.21. The fraction of sp³-hybridized carbons (Fsp3) is 0.0638. The van der Waals surface area contributed by atoms with Crippen LogP contribution in [-0.2, 0) is 5.41 Å². The molecular weight excluding hydrogens is 649 g/mol. The van der Waals surface area contributed by atoms with Gasteiger partial charge < -0.3 is 0 Å². The molecule has 0 aliphatic heterocycles. The Morgan fingerprint density at radius 3 is 1.30 bits per heavy atom. The number of pyridine rings is 2. The molecule has 11 rings (SSSR count). The lowest BCUT2D eigenvalue weighted by Gasteiger charge is -2.34. The fourth-order valence-corrected chi connectivity index (χ4v) is 8.68. The monoisotopic (exact) mass is 680 g/mol. The summed E-state index contributed by atoms with van der Waals surface area (Å²) in [6.45, 7) is 4.13. The predicted molar refractivity (Wildman–Crippen MR) is 213 cm³/mol. The molecule has 0 spiro atoms. The lowest BCUT2D eigenvalue weighted by molar-refractivity contribution is 0.771. The van der Waals surface area contributed by atoms with E-state index in [1.807, 2.05) is 45.8 Å². The van der Waals surface area contributed by atoms with Crippen molar-refractivity contribution in [2.75, 3.05) is 0 Å². The number of hydrogen-bond donors (Lipinski definition) is 0. The van der Waals surface area contributed by atoms with E-state index >= 15 is 0 Å². The number of nitrogens with zero attached hydrogens (tertiary/aromatic N) is 6. The summed E-state index contributed by atoms with van der Waals surface area (Å²) in [5, 5.41) is 14.1. The van der Waals surface area contributed by atoms with Crippen LogP contribution in [0, 0.1) is 13.8 Å². The topological polar surface area (TPSA) is 61.4 Å². The zero-order valence-corrected chi connectivity index (χ0v) is 29.2. The van der Waals surface area contributed by atoms with Gasteiger partial charge in [0, 0.05) is 21.5 Å². The first-order chi connectivity index (χ1) is 26.1. The maximum Gasteiger partial charge on any atom is 0.163 e. The molecule has 6 aromatic carbocycles. The van der Waals surface area contributed by atoms with Crippen LogP contribution < -0.4 is 0 Å². The van der Waals surface area contributed by atoms with Crippen LogP contribution in [0.2, 0.25) is 0 Å². The van der Waals surface area contributed by atoms with Crippen molar-refractivity contribution >= 4 is 43.9 Å². The van der Waals surface area contributed by atoms with Gasteiger partial charge in [0.2, 0.25) is 0 Å². The van der Waals surface area contributed by atoms with Crippen LogP contribution in [0.1, 0.15) is 33.6 Å². The van der Waals surface area contributed by atoms with Crippen molar-refractivity contribution < 1.29 is 0 Å². The highest BCUT2D eigenvalue weighted by Gasteiger charge is 2.46. The number of aromatic nitrogens is 6. The van der Waals surface area contributed by atoms with E-state index in [-0.39, 0.29) is 0 Å². The quantitative estimate of drug-likeness (QED) is 0.186. The summed E-state index contributed by atoms with van der Waals surface area (Å²) in [7, 11) is 0. The average molecular weight is 681 g/mol. The van der Waals surface area contributed by atoms with Gasteiger partial charge in [0.25, 0.3) is 0 Å². The molecule has 4 heterocycles. The molecular formula is C47H32N6. The predicted octanol–water partition coefficient (Wildman–Crippen LogP) is 10.4. The Kier molecular flexibility index (Phi) is 6.20. The van der Waals surface area contributed by atoms with Gasteiger partial charge in [0.1, 0.15) is 0 Å². The number of hydrogen-bond acceptors (Lipinski definition) is 4. The summed E-state index contributed by atoms with van der Waals surface area (Å²) in [5.41, 5.74) is 14.3. The van der Waals surface area contributed by atoms with Gasteiger partial charge in [0.15, 0.2) is 11.3 Å². The molecule has 1 aliphatic carbocycles. The van der Waals surface area contributed by atoms with Gasteiger partial charge in [-0.15, -0.1) is 0 Å². The molecule has 6 nitrogen and oxygen atoms in total. The van der Waals surface area contributed by atoms with Gasteiger partial charge in [-0.2, -0.15) is 10.2 Å². The van der Waals surface area contributed by atoms with E-state index < -0.39 is 5.41 Å². The first-order valence-electron chi connectivity index (χ1n) is 18.0. The molecule has 0 saturated heterocycles. The fourth-order valence-electron chi connectivity index (χ4n) is 8.68. The molecule has 0 unspecified atom stereocenters. The van der Waals surface area contributed by atoms with Crippen LogP contribution in [0.4, 0.5) is 0 Å². The number of rotatable bonds is 4. The Balaban J connectivity index is 1.16. The minimum atomic E-state index is -0.577. The minimum absolute atomic E-state index is 0.577. The van der Waals surface area contributed by atoms with Crippen molar-refractivity contribution in [1.29, 1.82) is 0 Å². The van der Waals surface area contributed by atoms with E-state index in [4.69, 9.17) is 20.2 Å². The van der Waals surface area contributed by atoms with E-state index in [2.05, 4.69) is 135 Å². The third-order valence-electron chi connectivity index (χ3n) is 11.1. The second-order valence-electron chi connectivity index (χ2n) is 14.0. The maximum absolute atomic E-state index is 5.21. The van der Waals surface area contributed by atoms with E-state index in [9.17, 15) is 0 Å². The summed E-state index contributed by atoms with van der Waals surface area (Å²) in [4.78, 5) is 10.4. The Labute approximate surface area is 305 Å². The molecule has 0 fully saturated rings. The number of fused-ring (bicyclic) bond motifs is 7. The van der Waals surface area contributed by atoms with Crippen LogP contribution in [0.3, 0.4) is 0 Å². The van der Waals surface area contributed by atoms with Crippen LogP contribution >= 0.6 is 0 Å². The first kappa shape index (κ1) is 29.8. The zero-order valence-electron chi connectivity index (χ0n) is 29.2. The standard InChI is InChI=1S/C47H32N6/c1-29-39-27-31-25-33(21-23-43(31)48-45(39)52(50-29)35-13-5-3-6-14-35)47(41-19-11-9-17-37(41)38-18-10-12-20-42(38)47)34-22-24-44-32(26-34)28-40-30(2)51-53(46(40)49-44)36-15-7-4-8-16-36/h3-28H,1-2H3. The minimum Gasteiger partial charge on any atom is -0.228 e. The highest BCUT2D eigenvalue weighted by Crippen LogP contribution is 2.56. The van der Waals surface area contributed by atoms with Gasteiger partial charge in [0.05, 0.1) is 39.2 Å². The molecule has 0 amide bonds. The summed E-state index contributed by atoms with van der Waals surface area (Å²) >= 11 is 0. The highest BCUT2D eigenvalue weighted by molar-refractivity contribution is 5.97. The molecule has 0 radical (unpaired) electrons. The molecule has 1 aliphatic rings. The van der Waals surface area contributed by atoms with Gasteiger partial charge in [-0.1, -0.05) is 97.1 Å². The van der Waals surface area contributed by atoms with Gasteiger partial charge in [-0.05, 0) is 108 Å². The van der Waals surface area contributed by atoms with Crippen molar-refractivity contribution in [3.05, 3.63) is 191 Å². The Morgan fingerprint density at radius 1 is 0.434 bits per heavy atom. The van der Waals surface area contributed by atoms with E-state index in [0.29, 0.717) is 0 Å². The molecule has 0 saturated carbocycles. The second-order valence-corrected chi connectivity index (χ2v) is 14.0. The van der Waals surface area contributed by atoms with Crippen LogP contribution in [0.15, 0.2) is 158 Å². The van der Waals surface area contributed by atoms with Gasteiger partial charge >= 0.3 is 0 Å². The molecule has 53 heavy (non-hydrogen) atoms. The van der Waals surface area contributed by atoms with Gasteiger partial charge in [-0.25, -0.2) is 19.3 Å². The number of benzene rings is 6. The second kappa shape index (κ2) is 11.0. The molecule has 0 bridgehead atoms. The van der Waals surface area contributed by atoms with Crippen LogP contribution in [0.25, 0.3) is 66.4 Å². The van der Waals surface area contributed by atoms with E-state index in [0.717, 1.165) is 66.6 Å². The first-order valence-corrected chi connectivity index (χ1v) is 18.0. The van der Waals surface area contributed by atoms with Gasteiger partial charge in [-0.3, -0.25) is 0 Å². The normalized spacial score (nSPS) is 13.2. The average Bonchev–Trinajstić information content (AvgIpc) is 3.83. The Morgan fingerprint density at radius 2 is 0.849 bits per heavy atom. The third-order valence-corrected chi connectivity index (χ3v) is 11.1. The van der Waals surface area contributed by atoms with Crippen LogP contribution in [-0.4, -0.2) is 29.5 Å². The van der Waals surface area contributed by atoms with Crippen molar-refractivity contribution in [1.82, 2.24) is 29.5 Å². The van der Waals surface area contributed by atoms with E-state index in [1.165, 1.54) is 33.4 Å². The summed E-state index contributed by atoms with van der Waals surface area (Å²) in [6.07, 6.45) is 0. The third kappa shape index (κ3) is 4.20. The van der Waals surface area contributed by atoms with E-state index in [1.54, 1.807) is 0 Å². The molecule has 250 valence electrons. The summed E-state index contributed by atoms with van der Waals surface area (Å²) in [6, 6.07) is 56.3.